The lowest BCUT2D eigenvalue weighted by Crippen LogP contribution is -2.15. The Morgan fingerprint density at radius 3 is 2.64 bits per heavy atom. The summed E-state index contributed by atoms with van der Waals surface area (Å²) in [5, 5.41) is 4.65. The van der Waals surface area contributed by atoms with Crippen LogP contribution in [0, 0.1) is 0 Å². The molecule has 0 aliphatic carbocycles. The minimum Gasteiger partial charge on any atom is -0.303 e. The second-order valence-electron chi connectivity index (χ2n) is 1.72. The minimum absolute atomic E-state index is 1.12. The first kappa shape index (κ1) is 8.83. The number of rotatable bonds is 2. The molecule has 2 N–H and O–H groups in total. The van der Waals surface area contributed by atoms with Crippen molar-refractivity contribution in [2.75, 3.05) is 0 Å². The van der Waals surface area contributed by atoms with Crippen molar-refractivity contribution >= 4 is 19.4 Å². The summed E-state index contributed by atoms with van der Waals surface area (Å²) in [6.07, 6.45) is 2.30. The molecule has 0 saturated carbocycles. The second-order valence-corrected chi connectivity index (χ2v) is 3.43. The molecule has 0 spiro atoms. The van der Waals surface area contributed by atoms with Crippen LogP contribution in [0.1, 0.15) is 0 Å². The van der Waals surface area contributed by atoms with Crippen molar-refractivity contribution in [2.45, 2.75) is 5.18 Å². The maximum absolute atomic E-state index is 10.2. The molecule has 0 aromatic rings. The maximum Gasteiger partial charge on any atom is 0.473 e. The summed E-state index contributed by atoms with van der Waals surface area (Å²) in [5.74, 6) is 0. The average Bonchev–Trinajstić information content (AvgIpc) is 2.09. The van der Waals surface area contributed by atoms with Gasteiger partial charge in [-0.25, -0.2) is 9.09 Å². The Kier molecular flexibility index (Phi) is 2.13. The molecule has 1 atom stereocenters. The van der Waals surface area contributed by atoms with Crippen LogP contribution in [0.2, 0.25) is 0 Å². The zero-order chi connectivity index (χ0) is 8.54. The van der Waals surface area contributed by atoms with Gasteiger partial charge in [0, 0.05) is 6.08 Å². The fourth-order valence-electron chi connectivity index (χ4n) is 0.486. The van der Waals surface area contributed by atoms with Crippen molar-refractivity contribution in [3.63, 3.8) is 0 Å². The zero-order valence-electron chi connectivity index (χ0n) is 5.09. The van der Waals surface area contributed by atoms with Gasteiger partial charge in [0.1, 0.15) is 0 Å². The molecule has 0 fully saturated rings. The van der Waals surface area contributed by atoms with E-state index in [9.17, 15) is 4.57 Å². The molecular formula is C3H4ClN2O4P. The Labute approximate surface area is 66.8 Å². The van der Waals surface area contributed by atoms with Gasteiger partial charge >= 0.3 is 7.82 Å². The molecule has 62 valence electrons. The van der Waals surface area contributed by atoms with Crippen LogP contribution in [0.15, 0.2) is 22.5 Å². The van der Waals surface area contributed by atoms with Crippen LogP contribution in [0.25, 0.3) is 0 Å². The largest absolute Gasteiger partial charge is 0.473 e. The molecule has 1 aliphatic rings. The molecule has 11 heavy (non-hydrogen) atoms. The lowest BCUT2D eigenvalue weighted by Gasteiger charge is -2.14. The van der Waals surface area contributed by atoms with Gasteiger partial charge in [-0.3, -0.25) is 0 Å². The Morgan fingerprint density at radius 1 is 1.64 bits per heavy atom. The summed E-state index contributed by atoms with van der Waals surface area (Å²) < 4.78 is 14.3. The first-order chi connectivity index (χ1) is 4.91. The van der Waals surface area contributed by atoms with Gasteiger partial charge in [-0.15, -0.1) is 5.11 Å². The molecule has 1 heterocycles. The number of azo groups is 1. The molecule has 0 radical (unpaired) electrons. The van der Waals surface area contributed by atoms with E-state index in [1.54, 1.807) is 0 Å². The van der Waals surface area contributed by atoms with E-state index in [1.165, 1.54) is 6.20 Å². The van der Waals surface area contributed by atoms with E-state index in [-0.39, 0.29) is 0 Å². The number of phosphoric ester groups is 1. The van der Waals surface area contributed by atoms with Crippen molar-refractivity contribution in [1.82, 2.24) is 0 Å². The number of hydrogen-bond donors (Lipinski definition) is 2. The van der Waals surface area contributed by atoms with E-state index in [2.05, 4.69) is 14.8 Å². The molecule has 1 rings (SSSR count). The van der Waals surface area contributed by atoms with E-state index < -0.39 is 13.0 Å². The van der Waals surface area contributed by atoms with Crippen molar-refractivity contribution in [2.24, 2.45) is 10.2 Å². The highest BCUT2D eigenvalue weighted by atomic mass is 35.5. The van der Waals surface area contributed by atoms with Gasteiger partial charge in [-0.1, -0.05) is 11.6 Å². The molecular weight excluding hydrogens is 194 g/mol. The number of phosphoric acid groups is 1. The van der Waals surface area contributed by atoms with Gasteiger partial charge in [0.2, 0.25) is 0 Å². The van der Waals surface area contributed by atoms with E-state index >= 15 is 0 Å². The number of alkyl halides is 1. The normalized spacial score (nSPS) is 29.7. The average molecular weight is 199 g/mol. The highest BCUT2D eigenvalue weighted by molar-refractivity contribution is 7.46. The number of hydrogen-bond acceptors (Lipinski definition) is 4. The molecule has 1 unspecified atom stereocenters. The molecule has 1 aliphatic heterocycles. The summed E-state index contributed by atoms with van der Waals surface area (Å²) in [4.78, 5) is 16.6. The van der Waals surface area contributed by atoms with Crippen molar-refractivity contribution in [3.8, 4) is 0 Å². The fraction of sp³-hybridized carbons (Fsp3) is 0.333. The predicted molar refractivity (Wildman–Crippen MR) is 35.7 cm³/mol. The Balaban J connectivity index is 2.70. The zero-order valence-corrected chi connectivity index (χ0v) is 6.74. The molecule has 0 saturated heterocycles. The van der Waals surface area contributed by atoms with Crippen LogP contribution < -0.4 is 0 Å². The van der Waals surface area contributed by atoms with Crippen molar-refractivity contribution in [3.05, 3.63) is 12.3 Å². The summed E-state index contributed by atoms with van der Waals surface area (Å²) in [6.45, 7) is 0. The maximum atomic E-state index is 10.2. The number of halogens is 1. The standard InChI is InChI=1S/C3H4ClN2O4P/c4-3(1-2-5-6-3)10-11(7,8)9/h1-2H,(H2,7,8,9). The van der Waals surface area contributed by atoms with Crippen molar-refractivity contribution in [1.29, 1.82) is 0 Å². The molecule has 0 aromatic heterocycles. The SMILES string of the molecule is O=P(O)(O)OC1(Cl)C=CN=N1. The Morgan fingerprint density at radius 2 is 2.27 bits per heavy atom. The molecule has 0 amide bonds. The van der Waals surface area contributed by atoms with E-state index in [0.29, 0.717) is 0 Å². The Hall–Kier alpha value is -0.260. The van der Waals surface area contributed by atoms with Crippen LogP contribution in [-0.4, -0.2) is 15.0 Å². The summed E-state index contributed by atoms with van der Waals surface area (Å²) in [5.41, 5.74) is 0. The Bertz CT molecular complexity index is 246. The third-order valence-corrected chi connectivity index (χ3v) is 1.69. The monoisotopic (exact) mass is 198 g/mol. The lowest BCUT2D eigenvalue weighted by molar-refractivity contribution is 0.139. The lowest BCUT2D eigenvalue weighted by atomic mass is 10.6. The molecule has 6 nitrogen and oxygen atoms in total. The first-order valence-corrected chi connectivity index (χ1v) is 4.37. The molecule has 0 bridgehead atoms. The summed E-state index contributed by atoms with van der Waals surface area (Å²) in [7, 11) is -4.62. The smallest absolute Gasteiger partial charge is 0.303 e. The second kappa shape index (κ2) is 2.66. The van der Waals surface area contributed by atoms with Gasteiger partial charge in [0.25, 0.3) is 5.18 Å². The van der Waals surface area contributed by atoms with Crippen LogP contribution >= 0.6 is 19.4 Å². The van der Waals surface area contributed by atoms with Gasteiger partial charge in [-0.05, 0) is 0 Å². The third kappa shape index (κ3) is 2.69. The first-order valence-electron chi connectivity index (χ1n) is 2.46. The van der Waals surface area contributed by atoms with Crippen LogP contribution in [0.3, 0.4) is 0 Å². The van der Waals surface area contributed by atoms with Crippen molar-refractivity contribution < 1.29 is 18.9 Å². The van der Waals surface area contributed by atoms with E-state index in [4.69, 9.17) is 21.4 Å². The van der Waals surface area contributed by atoms with E-state index in [1.807, 2.05) is 0 Å². The summed E-state index contributed by atoms with van der Waals surface area (Å²) >= 11 is 5.39. The molecule has 8 heteroatoms. The van der Waals surface area contributed by atoms with Crippen LogP contribution in [0.4, 0.5) is 0 Å². The minimum atomic E-state index is -4.62. The highest BCUT2D eigenvalue weighted by Gasteiger charge is 2.35. The van der Waals surface area contributed by atoms with Gasteiger partial charge in [0.05, 0.1) is 6.20 Å². The van der Waals surface area contributed by atoms with Crippen LogP contribution in [0.5, 0.6) is 0 Å². The third-order valence-electron chi connectivity index (χ3n) is 0.788. The highest BCUT2D eigenvalue weighted by Crippen LogP contribution is 2.45. The van der Waals surface area contributed by atoms with Gasteiger partial charge < -0.3 is 9.79 Å². The molecule has 0 aromatic carbocycles. The summed E-state index contributed by atoms with van der Waals surface area (Å²) in [6, 6.07) is 0. The predicted octanol–water partition coefficient (Wildman–Crippen LogP) is 0.968. The van der Waals surface area contributed by atoms with Gasteiger partial charge in [0.15, 0.2) is 0 Å². The quantitative estimate of drug-likeness (QED) is 0.393. The van der Waals surface area contributed by atoms with Crippen LogP contribution in [-0.2, 0) is 9.09 Å². The number of nitrogens with zero attached hydrogens (tertiary/aromatic N) is 2. The topological polar surface area (TPSA) is 91.5 Å². The van der Waals surface area contributed by atoms with E-state index in [0.717, 1.165) is 6.08 Å². The van der Waals surface area contributed by atoms with Gasteiger partial charge in [-0.2, -0.15) is 5.11 Å². The fourth-order valence-corrected chi connectivity index (χ4v) is 1.29.